The van der Waals surface area contributed by atoms with Crippen LogP contribution in [0, 0.1) is 23.4 Å². The Bertz CT molecular complexity index is 1420. The highest BCUT2D eigenvalue weighted by Gasteiger charge is 2.67. The number of amides is 3. The van der Waals surface area contributed by atoms with Gasteiger partial charge in [-0.3, -0.25) is 14.4 Å². The van der Waals surface area contributed by atoms with Crippen molar-refractivity contribution in [2.75, 3.05) is 16.0 Å². The van der Waals surface area contributed by atoms with Crippen molar-refractivity contribution in [1.29, 1.82) is 0 Å². The lowest BCUT2D eigenvalue weighted by molar-refractivity contribution is -0.117. The number of rotatable bonds is 6. The van der Waals surface area contributed by atoms with Gasteiger partial charge in [-0.2, -0.15) is 0 Å². The van der Waals surface area contributed by atoms with Crippen LogP contribution in [-0.4, -0.2) is 22.1 Å². The van der Waals surface area contributed by atoms with Crippen molar-refractivity contribution in [1.82, 2.24) is 0 Å². The van der Waals surface area contributed by atoms with Crippen LogP contribution in [0.2, 0.25) is 5.02 Å². The van der Waals surface area contributed by atoms with Gasteiger partial charge in [0.2, 0.25) is 11.8 Å². The highest BCUT2D eigenvalue weighted by Crippen LogP contribution is 2.65. The Morgan fingerprint density at radius 2 is 1.43 bits per heavy atom. The zero-order valence-corrected chi connectivity index (χ0v) is 21.1. The quantitative estimate of drug-likeness (QED) is 0.296. The summed E-state index contributed by atoms with van der Waals surface area (Å²) in [7, 11) is 0. The molecule has 192 valence electrons. The zero-order chi connectivity index (χ0) is 27.1. The van der Waals surface area contributed by atoms with E-state index in [0.29, 0.717) is 11.3 Å². The third-order valence-electron chi connectivity index (χ3n) is 5.68. The van der Waals surface area contributed by atoms with Crippen molar-refractivity contribution >= 4 is 69.6 Å². The Balaban J connectivity index is 1.51. The molecular weight excluding hydrogens is 554 g/mol. The number of carbonyl (C=O) groups is 3. The van der Waals surface area contributed by atoms with E-state index in [-0.39, 0.29) is 16.6 Å². The van der Waals surface area contributed by atoms with Gasteiger partial charge in [0.05, 0.1) is 16.6 Å². The van der Waals surface area contributed by atoms with E-state index >= 15 is 4.39 Å². The fourth-order valence-corrected chi connectivity index (χ4v) is 4.89. The van der Waals surface area contributed by atoms with E-state index in [2.05, 4.69) is 16.0 Å². The molecule has 37 heavy (non-hydrogen) atoms. The number of hydrogen-bond donors (Lipinski definition) is 3. The van der Waals surface area contributed by atoms with Crippen molar-refractivity contribution < 1.29 is 27.6 Å². The Morgan fingerprint density at radius 3 is 2.03 bits per heavy atom. The normalized spacial score (nSPS) is 17.6. The molecule has 0 aliphatic heterocycles. The molecular formula is C25H17Cl3F3N3O3. The van der Waals surface area contributed by atoms with Crippen LogP contribution in [0.15, 0.2) is 54.6 Å². The Kier molecular flexibility index (Phi) is 7.41. The van der Waals surface area contributed by atoms with Crippen LogP contribution in [0.4, 0.5) is 30.2 Å². The minimum absolute atomic E-state index is 0.183. The minimum Gasteiger partial charge on any atom is -0.326 e. The van der Waals surface area contributed by atoms with Crippen LogP contribution >= 0.6 is 34.8 Å². The van der Waals surface area contributed by atoms with Crippen LogP contribution in [0.3, 0.4) is 0 Å². The van der Waals surface area contributed by atoms with E-state index < -0.39 is 56.7 Å². The van der Waals surface area contributed by atoms with Gasteiger partial charge in [-0.15, -0.1) is 23.2 Å². The summed E-state index contributed by atoms with van der Waals surface area (Å²) in [5.41, 5.74) is -0.321. The monoisotopic (exact) mass is 569 g/mol. The summed E-state index contributed by atoms with van der Waals surface area (Å²) in [5, 5.41) is 7.01. The molecule has 3 N–H and O–H groups in total. The number of alkyl halides is 2. The number of anilines is 3. The first-order valence-corrected chi connectivity index (χ1v) is 11.8. The van der Waals surface area contributed by atoms with Crippen LogP contribution in [-0.2, 0) is 9.59 Å². The van der Waals surface area contributed by atoms with Crippen LogP contribution in [0.1, 0.15) is 28.8 Å². The van der Waals surface area contributed by atoms with Gasteiger partial charge in [0.1, 0.15) is 21.5 Å². The van der Waals surface area contributed by atoms with Gasteiger partial charge in [0, 0.05) is 24.2 Å². The molecule has 1 saturated carbocycles. The maximum atomic E-state index is 15.2. The molecule has 3 aromatic rings. The van der Waals surface area contributed by atoms with Gasteiger partial charge in [0.15, 0.2) is 5.82 Å². The predicted octanol–water partition coefficient (Wildman–Crippen LogP) is 6.49. The second kappa shape index (κ2) is 10.2. The maximum Gasteiger partial charge on any atom is 0.261 e. The second-order valence-electron chi connectivity index (χ2n) is 8.29. The van der Waals surface area contributed by atoms with E-state index in [4.69, 9.17) is 34.8 Å². The summed E-state index contributed by atoms with van der Waals surface area (Å²) in [5.74, 6) is -7.13. The van der Waals surface area contributed by atoms with Crippen LogP contribution in [0.5, 0.6) is 0 Å². The zero-order valence-electron chi connectivity index (χ0n) is 18.8. The largest absolute Gasteiger partial charge is 0.326 e. The topological polar surface area (TPSA) is 87.3 Å². The smallest absolute Gasteiger partial charge is 0.261 e. The summed E-state index contributed by atoms with van der Waals surface area (Å²) in [6.45, 7) is 1.33. The minimum atomic E-state index is -1.58. The molecule has 1 aliphatic rings. The molecule has 2 atom stereocenters. The van der Waals surface area contributed by atoms with Crippen molar-refractivity contribution in [2.24, 2.45) is 5.92 Å². The van der Waals surface area contributed by atoms with E-state index in [0.717, 1.165) is 18.2 Å². The molecule has 0 bridgehead atoms. The second-order valence-corrected chi connectivity index (χ2v) is 10.1. The first-order valence-electron chi connectivity index (χ1n) is 10.7. The lowest BCUT2D eigenvalue weighted by atomic mass is 10.1. The summed E-state index contributed by atoms with van der Waals surface area (Å²) >= 11 is 18.3. The molecule has 4 rings (SSSR count). The molecule has 0 saturated heterocycles. The molecule has 1 aliphatic carbocycles. The van der Waals surface area contributed by atoms with Crippen molar-refractivity contribution in [3.8, 4) is 0 Å². The fraction of sp³-hybridized carbons (Fsp3) is 0.160. The van der Waals surface area contributed by atoms with E-state index in [9.17, 15) is 23.2 Å². The Labute approximate surface area is 224 Å². The van der Waals surface area contributed by atoms with Gasteiger partial charge in [0.25, 0.3) is 5.91 Å². The van der Waals surface area contributed by atoms with Gasteiger partial charge in [-0.1, -0.05) is 17.7 Å². The van der Waals surface area contributed by atoms with Gasteiger partial charge in [-0.05, 0) is 54.1 Å². The SMILES string of the molecule is CC(=O)Nc1ccc(NC(=O)c2c(F)ccc(NC(=O)[C@H]3[C@H](c4ccc(F)c(Cl)c4)C3(Cl)Cl)c2F)cc1. The summed E-state index contributed by atoms with van der Waals surface area (Å²) in [6, 6.07) is 11.4. The molecule has 0 radical (unpaired) electrons. The summed E-state index contributed by atoms with van der Waals surface area (Å²) < 4.78 is 41.5. The van der Waals surface area contributed by atoms with Crippen molar-refractivity contribution in [3.05, 3.63) is 88.2 Å². The lowest BCUT2D eigenvalue weighted by Gasteiger charge is -2.12. The summed E-state index contributed by atoms with van der Waals surface area (Å²) in [4.78, 5) is 36.6. The van der Waals surface area contributed by atoms with Gasteiger partial charge in [-0.25, -0.2) is 13.2 Å². The van der Waals surface area contributed by atoms with Gasteiger partial charge >= 0.3 is 0 Å². The standard InChI is InChI=1S/C25H17Cl3F3N3O3/c1-11(35)32-13-3-5-14(6-4-13)33-23(36)19-17(30)8-9-18(22(19)31)34-24(37)21-20(25(21,27)28)12-2-7-16(29)15(26)10-12/h2-10,20-21H,1H3,(H,32,35)(H,33,36)(H,34,37)/t20-,21+/m0/s1. The fourth-order valence-electron chi connectivity index (χ4n) is 3.87. The number of nitrogens with one attached hydrogen (secondary N) is 3. The third-order valence-corrected chi connectivity index (χ3v) is 6.91. The molecule has 0 aromatic heterocycles. The molecule has 6 nitrogen and oxygen atoms in total. The van der Waals surface area contributed by atoms with Crippen molar-refractivity contribution in [2.45, 2.75) is 17.2 Å². The number of carbonyl (C=O) groups excluding carboxylic acids is 3. The third kappa shape index (κ3) is 5.53. The maximum absolute atomic E-state index is 15.2. The van der Waals surface area contributed by atoms with E-state index in [1.165, 1.54) is 43.3 Å². The van der Waals surface area contributed by atoms with E-state index in [1.807, 2.05) is 0 Å². The molecule has 3 amide bonds. The average molecular weight is 571 g/mol. The van der Waals surface area contributed by atoms with Crippen LogP contribution in [0.25, 0.3) is 0 Å². The first-order chi connectivity index (χ1) is 17.4. The summed E-state index contributed by atoms with van der Waals surface area (Å²) in [6.07, 6.45) is 0. The average Bonchev–Trinajstić information content (AvgIpc) is 3.40. The Morgan fingerprint density at radius 1 is 0.838 bits per heavy atom. The van der Waals surface area contributed by atoms with Crippen molar-refractivity contribution in [3.63, 3.8) is 0 Å². The highest BCUT2D eigenvalue weighted by atomic mass is 35.5. The predicted molar refractivity (Wildman–Crippen MR) is 136 cm³/mol. The molecule has 3 aromatic carbocycles. The first kappa shape index (κ1) is 26.8. The molecule has 0 spiro atoms. The number of benzene rings is 3. The lowest BCUT2D eigenvalue weighted by Crippen LogP contribution is -2.21. The molecule has 12 heteroatoms. The Hall–Kier alpha value is -3.27. The number of hydrogen-bond acceptors (Lipinski definition) is 3. The highest BCUT2D eigenvalue weighted by molar-refractivity contribution is 6.53. The molecule has 0 heterocycles. The van der Waals surface area contributed by atoms with E-state index in [1.54, 1.807) is 0 Å². The van der Waals surface area contributed by atoms with Gasteiger partial charge < -0.3 is 16.0 Å². The van der Waals surface area contributed by atoms with Crippen LogP contribution < -0.4 is 16.0 Å². The number of halogens is 6. The molecule has 1 fully saturated rings. The molecule has 0 unspecified atom stereocenters.